The monoisotopic (exact) mass is 331 g/mol. The van der Waals surface area contributed by atoms with Crippen molar-refractivity contribution < 1.29 is 4.74 Å². The van der Waals surface area contributed by atoms with Crippen molar-refractivity contribution >= 4 is 15.9 Å². The van der Waals surface area contributed by atoms with Gasteiger partial charge in [-0.1, -0.05) is 52.3 Å². The molecule has 0 aromatic heterocycles. The van der Waals surface area contributed by atoms with Gasteiger partial charge in [0.05, 0.1) is 6.61 Å². The molecular weight excluding hydrogens is 314 g/mol. The van der Waals surface area contributed by atoms with Crippen LogP contribution in [0.3, 0.4) is 0 Å². The van der Waals surface area contributed by atoms with Gasteiger partial charge >= 0.3 is 0 Å². The fraction of sp³-hybridized carbons (Fsp3) is 0.294. The summed E-state index contributed by atoms with van der Waals surface area (Å²) in [6, 6.07) is 17.0. The van der Waals surface area contributed by atoms with Gasteiger partial charge in [0.1, 0.15) is 6.10 Å². The average molecular weight is 332 g/mol. The number of likely N-dealkylation sites (N-methyl/N-ethyl adjacent to an activating group) is 1. The van der Waals surface area contributed by atoms with Crippen LogP contribution in [0, 0.1) is 0 Å². The fourth-order valence-corrected chi connectivity index (χ4v) is 3.02. The van der Waals surface area contributed by atoms with E-state index in [0.717, 1.165) is 24.2 Å². The molecule has 3 rings (SSSR count). The first-order valence-corrected chi connectivity index (χ1v) is 7.67. The lowest BCUT2D eigenvalue weighted by Crippen LogP contribution is -2.27. The van der Waals surface area contributed by atoms with Gasteiger partial charge in [-0.15, -0.1) is 0 Å². The number of hydrogen-bond donors (Lipinski definition) is 0. The van der Waals surface area contributed by atoms with Crippen LogP contribution >= 0.6 is 15.9 Å². The second-order valence-corrected chi connectivity index (χ2v) is 6.16. The maximum absolute atomic E-state index is 6.16. The number of nitrogens with zero attached hydrogens (tertiary/aromatic N) is 1. The van der Waals surface area contributed by atoms with Crippen molar-refractivity contribution in [2.75, 3.05) is 20.2 Å². The Hall–Kier alpha value is -1.16. The van der Waals surface area contributed by atoms with Crippen LogP contribution < -0.4 is 0 Å². The third-order valence-electron chi connectivity index (χ3n) is 3.69. The van der Waals surface area contributed by atoms with Crippen LogP contribution in [0.2, 0.25) is 0 Å². The van der Waals surface area contributed by atoms with Crippen molar-refractivity contribution in [1.82, 2.24) is 4.90 Å². The summed E-state index contributed by atoms with van der Waals surface area (Å²) in [5.41, 5.74) is 3.82. The molecule has 0 bridgehead atoms. The van der Waals surface area contributed by atoms with Crippen molar-refractivity contribution in [1.29, 1.82) is 0 Å². The summed E-state index contributed by atoms with van der Waals surface area (Å²) in [5.74, 6) is 0. The van der Waals surface area contributed by atoms with Crippen LogP contribution in [-0.2, 0) is 11.3 Å². The van der Waals surface area contributed by atoms with E-state index in [1.54, 1.807) is 0 Å². The fourth-order valence-electron chi connectivity index (χ4n) is 2.64. The molecular formula is C17H18BrNO. The largest absolute Gasteiger partial charge is 0.367 e. The van der Waals surface area contributed by atoms with Gasteiger partial charge in [0.25, 0.3) is 0 Å². The van der Waals surface area contributed by atoms with Gasteiger partial charge in [-0.2, -0.15) is 0 Å². The summed E-state index contributed by atoms with van der Waals surface area (Å²) in [6.45, 7) is 2.68. The lowest BCUT2D eigenvalue weighted by atomic mass is 9.96. The summed E-state index contributed by atoms with van der Waals surface area (Å²) in [6.07, 6.45) is 0.0254. The molecule has 2 aromatic rings. The molecule has 0 N–H and O–H groups in total. The van der Waals surface area contributed by atoms with Gasteiger partial charge in [0.15, 0.2) is 0 Å². The van der Waals surface area contributed by atoms with E-state index in [1.165, 1.54) is 16.7 Å². The quantitative estimate of drug-likeness (QED) is 0.783. The second kappa shape index (κ2) is 6.08. The van der Waals surface area contributed by atoms with E-state index in [1.807, 2.05) is 6.07 Å². The van der Waals surface area contributed by atoms with E-state index in [2.05, 4.69) is 70.3 Å². The number of halogens is 1. The molecule has 0 amide bonds. The van der Waals surface area contributed by atoms with E-state index in [4.69, 9.17) is 4.74 Å². The topological polar surface area (TPSA) is 12.5 Å². The van der Waals surface area contributed by atoms with Gasteiger partial charge < -0.3 is 4.74 Å². The standard InChI is InChI=1S/C17H18BrNO/c1-19-9-10-20-17(13-5-3-2-4-6-13)16-11-15(18)8-7-14(16)12-19/h2-8,11,17H,9-10,12H2,1H3. The van der Waals surface area contributed by atoms with Crippen molar-refractivity contribution in [3.63, 3.8) is 0 Å². The third kappa shape index (κ3) is 2.95. The molecule has 3 heteroatoms. The number of fused-ring (bicyclic) bond motifs is 1. The molecule has 1 unspecified atom stereocenters. The maximum atomic E-state index is 6.16. The minimum Gasteiger partial charge on any atom is -0.367 e. The number of benzene rings is 2. The van der Waals surface area contributed by atoms with Crippen LogP contribution in [-0.4, -0.2) is 25.1 Å². The van der Waals surface area contributed by atoms with E-state index < -0.39 is 0 Å². The lowest BCUT2D eigenvalue weighted by molar-refractivity contribution is 0.0553. The molecule has 1 aliphatic heterocycles. The third-order valence-corrected chi connectivity index (χ3v) is 4.18. The highest BCUT2D eigenvalue weighted by Crippen LogP contribution is 2.32. The van der Waals surface area contributed by atoms with Crippen LogP contribution in [0.15, 0.2) is 53.0 Å². The SMILES string of the molecule is CN1CCOC(c2ccccc2)c2cc(Br)ccc2C1. The molecule has 20 heavy (non-hydrogen) atoms. The summed E-state index contributed by atoms with van der Waals surface area (Å²) in [4.78, 5) is 2.30. The van der Waals surface area contributed by atoms with Crippen LogP contribution in [0.25, 0.3) is 0 Å². The first-order valence-electron chi connectivity index (χ1n) is 6.87. The van der Waals surface area contributed by atoms with E-state index in [0.29, 0.717) is 0 Å². The summed E-state index contributed by atoms with van der Waals surface area (Å²) in [5, 5.41) is 0. The zero-order valence-corrected chi connectivity index (χ0v) is 13.1. The molecule has 2 nitrogen and oxygen atoms in total. The van der Waals surface area contributed by atoms with Gasteiger partial charge in [-0.25, -0.2) is 0 Å². The Labute approximate surface area is 128 Å². The van der Waals surface area contributed by atoms with Crippen molar-refractivity contribution in [2.24, 2.45) is 0 Å². The van der Waals surface area contributed by atoms with Crippen LogP contribution in [0.5, 0.6) is 0 Å². The van der Waals surface area contributed by atoms with Gasteiger partial charge in [0.2, 0.25) is 0 Å². The molecule has 0 saturated carbocycles. The zero-order chi connectivity index (χ0) is 13.9. The Kier molecular flexibility index (Phi) is 4.20. The van der Waals surface area contributed by atoms with Crippen molar-refractivity contribution in [3.05, 3.63) is 69.7 Å². The molecule has 104 valence electrons. The minimum atomic E-state index is 0.0254. The van der Waals surface area contributed by atoms with E-state index >= 15 is 0 Å². The number of hydrogen-bond acceptors (Lipinski definition) is 2. The van der Waals surface area contributed by atoms with Gasteiger partial charge in [-0.05, 0) is 35.9 Å². The Morgan fingerprint density at radius 1 is 1.15 bits per heavy atom. The molecule has 0 aliphatic carbocycles. The molecule has 0 radical (unpaired) electrons. The summed E-state index contributed by atoms with van der Waals surface area (Å²) >= 11 is 3.58. The molecule has 2 aromatic carbocycles. The molecule has 1 heterocycles. The lowest BCUT2D eigenvalue weighted by Gasteiger charge is -2.28. The minimum absolute atomic E-state index is 0.0254. The summed E-state index contributed by atoms with van der Waals surface area (Å²) < 4.78 is 7.26. The Morgan fingerprint density at radius 2 is 1.95 bits per heavy atom. The second-order valence-electron chi connectivity index (χ2n) is 5.24. The van der Waals surface area contributed by atoms with Gasteiger partial charge in [0, 0.05) is 17.6 Å². The summed E-state index contributed by atoms with van der Waals surface area (Å²) in [7, 11) is 2.14. The molecule has 0 fully saturated rings. The van der Waals surface area contributed by atoms with Crippen molar-refractivity contribution in [2.45, 2.75) is 12.6 Å². The van der Waals surface area contributed by atoms with Crippen LogP contribution in [0.1, 0.15) is 22.8 Å². The van der Waals surface area contributed by atoms with Crippen LogP contribution in [0.4, 0.5) is 0 Å². The smallest absolute Gasteiger partial charge is 0.108 e. The highest BCUT2D eigenvalue weighted by Gasteiger charge is 2.21. The predicted octanol–water partition coefficient (Wildman–Crippen LogP) is 4.00. The first-order chi connectivity index (χ1) is 9.74. The zero-order valence-electron chi connectivity index (χ0n) is 11.6. The highest BCUT2D eigenvalue weighted by molar-refractivity contribution is 9.10. The Bertz CT molecular complexity index is 585. The average Bonchev–Trinajstić information content (AvgIpc) is 2.45. The molecule has 1 atom stereocenters. The molecule has 1 aliphatic rings. The highest BCUT2D eigenvalue weighted by atomic mass is 79.9. The van der Waals surface area contributed by atoms with Crippen molar-refractivity contribution in [3.8, 4) is 0 Å². The number of ether oxygens (including phenoxy) is 1. The number of rotatable bonds is 1. The molecule has 0 saturated heterocycles. The Balaban J connectivity index is 2.07. The Morgan fingerprint density at radius 3 is 2.75 bits per heavy atom. The van der Waals surface area contributed by atoms with Gasteiger partial charge in [-0.3, -0.25) is 4.90 Å². The van der Waals surface area contributed by atoms with E-state index in [9.17, 15) is 0 Å². The maximum Gasteiger partial charge on any atom is 0.108 e. The van der Waals surface area contributed by atoms with E-state index in [-0.39, 0.29) is 6.10 Å². The normalized spacial score (nSPS) is 20.0. The predicted molar refractivity (Wildman–Crippen MR) is 84.7 cm³/mol. The first kappa shape index (κ1) is 13.8. The molecule has 0 spiro atoms.